The molecule has 2 aromatic heterocycles. The molecule has 1 amide bonds. The highest BCUT2D eigenvalue weighted by atomic mass is 32.1. The summed E-state index contributed by atoms with van der Waals surface area (Å²) in [6.45, 7) is 4.88. The third kappa shape index (κ3) is 4.97. The van der Waals surface area contributed by atoms with Gasteiger partial charge in [-0.05, 0) is 55.8 Å². The molecule has 0 radical (unpaired) electrons. The summed E-state index contributed by atoms with van der Waals surface area (Å²) in [7, 11) is 0. The van der Waals surface area contributed by atoms with Crippen LogP contribution in [0.4, 0.5) is 0 Å². The molecule has 0 saturated heterocycles. The Kier molecular flexibility index (Phi) is 6.08. The molecule has 0 atom stereocenters. The number of amides is 1. The first-order chi connectivity index (χ1) is 15.0. The molecule has 0 fully saturated rings. The summed E-state index contributed by atoms with van der Waals surface area (Å²) < 4.78 is 5.99. The first-order valence-electron chi connectivity index (χ1n) is 9.91. The molecule has 8 heteroatoms. The van der Waals surface area contributed by atoms with Crippen LogP contribution in [-0.4, -0.2) is 27.6 Å². The van der Waals surface area contributed by atoms with Crippen LogP contribution in [0.25, 0.3) is 10.9 Å². The lowest BCUT2D eigenvalue weighted by Gasteiger charge is -2.12. The maximum Gasteiger partial charge on any atom is 0.322 e. The van der Waals surface area contributed by atoms with Crippen LogP contribution in [0.15, 0.2) is 53.3 Å². The van der Waals surface area contributed by atoms with Gasteiger partial charge in [0.15, 0.2) is 0 Å². The van der Waals surface area contributed by atoms with Crippen LogP contribution in [0, 0.1) is 13.8 Å². The van der Waals surface area contributed by atoms with Gasteiger partial charge in [0.25, 0.3) is 5.91 Å². The number of benzene rings is 2. The second-order valence-electron chi connectivity index (χ2n) is 7.22. The van der Waals surface area contributed by atoms with E-state index in [0.29, 0.717) is 35.9 Å². The van der Waals surface area contributed by atoms with Crippen LogP contribution < -0.4 is 14.9 Å². The van der Waals surface area contributed by atoms with E-state index >= 15 is 0 Å². The number of aryl methyl sites for hydroxylation is 2. The summed E-state index contributed by atoms with van der Waals surface area (Å²) in [5.41, 5.74) is 4.71. The Bertz CT molecular complexity index is 1280. The third-order valence-corrected chi connectivity index (χ3v) is 5.68. The molecular weight excluding hydrogens is 412 g/mol. The van der Waals surface area contributed by atoms with E-state index in [1.165, 1.54) is 0 Å². The minimum atomic E-state index is -0.193. The Morgan fingerprint density at radius 3 is 2.71 bits per heavy atom. The van der Waals surface area contributed by atoms with Crippen LogP contribution in [0.2, 0.25) is 0 Å². The van der Waals surface area contributed by atoms with Gasteiger partial charge < -0.3 is 10.1 Å². The van der Waals surface area contributed by atoms with Crippen molar-refractivity contribution in [1.82, 2.24) is 20.5 Å². The molecule has 4 rings (SSSR count). The summed E-state index contributed by atoms with van der Waals surface area (Å²) in [5.74, 6) is 0.509. The lowest BCUT2D eigenvalue weighted by molar-refractivity contribution is 0.0954. The minimum absolute atomic E-state index is 0.180. The lowest BCUT2D eigenvalue weighted by Crippen LogP contribution is -2.25. The smallest absolute Gasteiger partial charge is 0.322 e. The van der Waals surface area contributed by atoms with Gasteiger partial charge >= 0.3 is 4.87 Å². The molecule has 2 N–H and O–H groups in total. The van der Waals surface area contributed by atoms with Crippen molar-refractivity contribution in [2.75, 3.05) is 6.54 Å². The van der Waals surface area contributed by atoms with E-state index in [1.54, 1.807) is 24.3 Å². The highest BCUT2D eigenvalue weighted by molar-refractivity contribution is 7.08. The number of carbonyl (C=O) groups excluding carboxylic acids is 1. The van der Waals surface area contributed by atoms with Crippen molar-refractivity contribution >= 4 is 28.1 Å². The predicted octanol–water partition coefficient (Wildman–Crippen LogP) is 3.55. The number of hydrogen-bond acceptors (Lipinski definition) is 6. The second kappa shape index (κ2) is 9.09. The number of aromatic nitrogens is 3. The van der Waals surface area contributed by atoms with E-state index in [1.807, 2.05) is 25.1 Å². The Labute approximate surface area is 183 Å². The van der Waals surface area contributed by atoms with Gasteiger partial charge in [-0.25, -0.2) is 5.10 Å². The molecule has 0 spiro atoms. The lowest BCUT2D eigenvalue weighted by atomic mass is 10.0. The molecule has 4 aromatic rings. The molecular formula is C23H22N4O3S. The summed E-state index contributed by atoms with van der Waals surface area (Å²) in [6, 6.07) is 15.2. The van der Waals surface area contributed by atoms with Gasteiger partial charge in [-0.15, -0.1) is 0 Å². The zero-order valence-corrected chi connectivity index (χ0v) is 18.1. The molecule has 158 valence electrons. The number of carbonyl (C=O) groups is 1. The Hall–Kier alpha value is -3.52. The van der Waals surface area contributed by atoms with Gasteiger partial charge in [0, 0.05) is 35.2 Å². The summed E-state index contributed by atoms with van der Waals surface area (Å²) in [5, 5.41) is 10.9. The van der Waals surface area contributed by atoms with Gasteiger partial charge in [-0.1, -0.05) is 23.5 Å². The number of hydrogen-bond donors (Lipinski definition) is 2. The highest BCUT2D eigenvalue weighted by Gasteiger charge is 2.09. The normalized spacial score (nSPS) is 10.9. The number of pyridine rings is 1. The second-order valence-corrected chi connectivity index (χ2v) is 8.26. The Morgan fingerprint density at radius 1 is 1.16 bits per heavy atom. The van der Waals surface area contributed by atoms with Crippen LogP contribution in [0.5, 0.6) is 5.75 Å². The summed E-state index contributed by atoms with van der Waals surface area (Å²) in [6.07, 6.45) is 0.509. The summed E-state index contributed by atoms with van der Waals surface area (Å²) in [4.78, 5) is 27.8. The van der Waals surface area contributed by atoms with E-state index in [-0.39, 0.29) is 10.8 Å². The largest absolute Gasteiger partial charge is 0.489 e. The maximum atomic E-state index is 12.3. The standard InChI is InChI=1S/C23H22N4O3S/c1-14-4-3-5-19-21(14)17(12-15(2)25-19)13-30-18-8-6-16(7-9-18)22(28)24-11-10-20-26-27-23(29)31-20/h3-9,12H,10-11,13H2,1-2H3,(H,24,28)(H,27,29). The van der Waals surface area contributed by atoms with Crippen molar-refractivity contribution in [3.63, 3.8) is 0 Å². The zero-order chi connectivity index (χ0) is 21.8. The van der Waals surface area contributed by atoms with Crippen LogP contribution >= 0.6 is 11.3 Å². The molecule has 0 aliphatic rings. The fraction of sp³-hybridized carbons (Fsp3) is 0.217. The van der Waals surface area contributed by atoms with Crippen LogP contribution in [0.1, 0.15) is 32.2 Å². The fourth-order valence-corrected chi connectivity index (χ4v) is 4.04. The van der Waals surface area contributed by atoms with Gasteiger partial charge in [-0.2, -0.15) is 5.10 Å². The molecule has 31 heavy (non-hydrogen) atoms. The molecule has 0 aliphatic carbocycles. The molecule has 0 saturated carbocycles. The van der Waals surface area contributed by atoms with E-state index in [2.05, 4.69) is 33.5 Å². The first kappa shape index (κ1) is 20.7. The highest BCUT2D eigenvalue weighted by Crippen LogP contribution is 2.24. The van der Waals surface area contributed by atoms with Crippen molar-refractivity contribution in [2.45, 2.75) is 26.9 Å². The van der Waals surface area contributed by atoms with E-state index in [4.69, 9.17) is 4.74 Å². The SMILES string of the molecule is Cc1cc(COc2ccc(C(=O)NCCc3n[nH]c(=O)s3)cc2)c2c(C)cccc2n1. The first-order valence-corrected chi connectivity index (χ1v) is 10.7. The van der Waals surface area contributed by atoms with Gasteiger partial charge in [0.05, 0.1) is 5.52 Å². The van der Waals surface area contributed by atoms with Crippen molar-refractivity contribution in [3.05, 3.63) is 85.6 Å². The molecule has 2 aromatic carbocycles. The van der Waals surface area contributed by atoms with Gasteiger partial charge in [0.2, 0.25) is 0 Å². The van der Waals surface area contributed by atoms with Crippen molar-refractivity contribution < 1.29 is 9.53 Å². The molecule has 0 bridgehead atoms. The Morgan fingerprint density at radius 2 is 1.97 bits per heavy atom. The quantitative estimate of drug-likeness (QED) is 0.464. The Balaban J connectivity index is 1.37. The number of H-pyrrole nitrogens is 1. The van der Waals surface area contributed by atoms with E-state index in [9.17, 15) is 9.59 Å². The third-order valence-electron chi connectivity index (χ3n) is 4.87. The fourth-order valence-electron chi connectivity index (χ4n) is 3.44. The van der Waals surface area contributed by atoms with Gasteiger partial charge in [-0.3, -0.25) is 14.6 Å². The maximum absolute atomic E-state index is 12.3. The number of nitrogens with one attached hydrogen (secondary N) is 2. The number of fused-ring (bicyclic) bond motifs is 1. The topological polar surface area (TPSA) is 97.0 Å². The average Bonchev–Trinajstić information content (AvgIpc) is 3.17. The minimum Gasteiger partial charge on any atom is -0.489 e. The monoisotopic (exact) mass is 434 g/mol. The van der Waals surface area contributed by atoms with Crippen molar-refractivity contribution in [3.8, 4) is 5.75 Å². The van der Waals surface area contributed by atoms with Crippen molar-refractivity contribution in [1.29, 1.82) is 0 Å². The van der Waals surface area contributed by atoms with Crippen molar-refractivity contribution in [2.24, 2.45) is 0 Å². The zero-order valence-electron chi connectivity index (χ0n) is 17.3. The molecule has 0 aliphatic heterocycles. The summed E-state index contributed by atoms with van der Waals surface area (Å²) >= 11 is 1.05. The number of rotatable bonds is 7. The average molecular weight is 435 g/mol. The van der Waals surface area contributed by atoms with E-state index < -0.39 is 0 Å². The predicted molar refractivity (Wildman–Crippen MR) is 121 cm³/mol. The van der Waals surface area contributed by atoms with Gasteiger partial charge in [0.1, 0.15) is 17.4 Å². The molecule has 7 nitrogen and oxygen atoms in total. The van der Waals surface area contributed by atoms with Crippen LogP contribution in [-0.2, 0) is 13.0 Å². The molecule has 0 unspecified atom stereocenters. The number of nitrogens with zero attached hydrogens (tertiary/aromatic N) is 2. The number of ether oxygens (including phenoxy) is 1. The molecule has 2 heterocycles. The van der Waals surface area contributed by atoms with E-state index in [0.717, 1.165) is 39.1 Å². The number of aromatic amines is 1. The van der Waals surface area contributed by atoms with Crippen LogP contribution in [0.3, 0.4) is 0 Å².